The van der Waals surface area contributed by atoms with Crippen molar-refractivity contribution in [2.75, 3.05) is 6.61 Å². The maximum absolute atomic E-state index is 13.9. The fourth-order valence-electron chi connectivity index (χ4n) is 4.55. The highest BCUT2D eigenvalue weighted by Crippen LogP contribution is 2.46. The van der Waals surface area contributed by atoms with Crippen molar-refractivity contribution in [2.45, 2.75) is 161 Å². The van der Waals surface area contributed by atoms with Crippen molar-refractivity contribution in [3.05, 3.63) is 0 Å². The van der Waals surface area contributed by atoms with E-state index in [1.165, 1.54) is 70.5 Å². The summed E-state index contributed by atoms with van der Waals surface area (Å²) >= 11 is 0. The Kier molecular flexibility index (Phi) is 19.9. The van der Waals surface area contributed by atoms with Gasteiger partial charge in [0.2, 0.25) is 5.91 Å². The van der Waals surface area contributed by atoms with E-state index in [0.29, 0.717) is 12.8 Å². The lowest BCUT2D eigenvalue weighted by atomic mass is 9.95. The van der Waals surface area contributed by atoms with Crippen LogP contribution in [0.3, 0.4) is 0 Å². The monoisotopic (exact) mass is 650 g/mol. The van der Waals surface area contributed by atoms with Gasteiger partial charge in [-0.2, -0.15) is 30.7 Å². The van der Waals surface area contributed by atoms with E-state index < -0.39 is 59.7 Å². The summed E-state index contributed by atoms with van der Waals surface area (Å²) in [5.41, 5.74) is 0. The van der Waals surface area contributed by atoms with E-state index in [1.807, 2.05) is 0 Å². The Labute approximate surface area is 258 Å². The molecule has 6 nitrogen and oxygen atoms in total. The highest BCUT2D eigenvalue weighted by Gasteiger charge is 2.76. The molecule has 0 bridgehead atoms. The first-order valence-electron chi connectivity index (χ1n) is 16.1. The Bertz CT molecular complexity index is 840. The minimum absolute atomic E-state index is 0.0666. The summed E-state index contributed by atoms with van der Waals surface area (Å²) in [4.78, 5) is 37.8. The van der Waals surface area contributed by atoms with Crippen molar-refractivity contribution in [3.63, 3.8) is 0 Å². The van der Waals surface area contributed by atoms with Crippen LogP contribution in [-0.4, -0.2) is 54.5 Å². The van der Waals surface area contributed by atoms with Crippen LogP contribution in [0.5, 0.6) is 0 Å². The van der Waals surface area contributed by atoms with E-state index in [1.54, 1.807) is 13.8 Å². The van der Waals surface area contributed by atoms with Crippen LogP contribution in [0.15, 0.2) is 0 Å². The van der Waals surface area contributed by atoms with Crippen LogP contribution < -0.4 is 10.6 Å². The number of esters is 1. The number of carbonyl (C=O) groups is 3. The van der Waals surface area contributed by atoms with Gasteiger partial charge in [0.25, 0.3) is 5.91 Å². The Balaban J connectivity index is 4.94. The van der Waals surface area contributed by atoms with Gasteiger partial charge in [-0.3, -0.25) is 9.59 Å². The second-order valence-electron chi connectivity index (χ2n) is 11.8. The lowest BCUT2D eigenvalue weighted by molar-refractivity contribution is -0.344. The van der Waals surface area contributed by atoms with E-state index in [4.69, 9.17) is 4.74 Å². The highest BCUT2D eigenvalue weighted by atomic mass is 19.4. The molecule has 4 atom stereocenters. The first-order chi connectivity index (χ1) is 20.5. The summed E-state index contributed by atoms with van der Waals surface area (Å²) < 4.78 is 97.6. The molecule has 0 aromatic heterocycles. The number of alkyl halides is 7. The van der Waals surface area contributed by atoms with Gasteiger partial charge in [-0.1, -0.05) is 125 Å². The molecule has 0 aliphatic rings. The molecule has 0 aliphatic carbocycles. The molecule has 0 fully saturated rings. The van der Waals surface area contributed by atoms with Crippen LogP contribution >= 0.6 is 0 Å². The lowest BCUT2D eigenvalue weighted by Gasteiger charge is -2.31. The van der Waals surface area contributed by atoms with Crippen molar-refractivity contribution in [1.29, 1.82) is 0 Å². The van der Waals surface area contributed by atoms with Crippen LogP contribution in [0.2, 0.25) is 0 Å². The van der Waals surface area contributed by atoms with E-state index in [-0.39, 0.29) is 13.0 Å². The average Bonchev–Trinajstić information content (AvgIpc) is 2.96. The van der Waals surface area contributed by atoms with Gasteiger partial charge in [-0.05, 0) is 18.3 Å². The maximum atomic E-state index is 13.9. The number of ether oxygens (including phenoxy) is 1. The van der Waals surface area contributed by atoms with Crippen molar-refractivity contribution < 1.29 is 49.9 Å². The van der Waals surface area contributed by atoms with E-state index in [0.717, 1.165) is 25.7 Å². The summed E-state index contributed by atoms with van der Waals surface area (Å²) in [7, 11) is 0. The van der Waals surface area contributed by atoms with Crippen molar-refractivity contribution >= 4 is 17.8 Å². The van der Waals surface area contributed by atoms with E-state index in [9.17, 15) is 45.1 Å². The molecule has 0 aliphatic heterocycles. The fraction of sp³-hybridized carbons (Fsp3) is 0.903. The molecule has 4 unspecified atom stereocenters. The standard InChI is InChI=1S/C31H53F7N2O4/c1-6-9-10-11-12-13-14-15-16-17-18-19-20-21-44-27(42)25(23(5)8-3)39-26(41)24(22(4)7-2)40-28(43)29(32,33)30(34,35)31(36,37)38/h22-25H,6-21H2,1-5H3,(H,39,41)(H,40,43). The molecule has 0 radical (unpaired) electrons. The Hall–Kier alpha value is -2.08. The molecule has 0 saturated carbocycles. The number of amides is 2. The summed E-state index contributed by atoms with van der Waals surface area (Å²) in [5.74, 6) is -19.2. The zero-order valence-electron chi connectivity index (χ0n) is 26.9. The number of nitrogens with one attached hydrogen (secondary N) is 2. The second-order valence-corrected chi connectivity index (χ2v) is 11.8. The molecule has 0 spiro atoms. The molecule has 2 amide bonds. The summed E-state index contributed by atoms with van der Waals surface area (Å²) in [6.07, 6.45) is 8.50. The molecule has 0 heterocycles. The first-order valence-corrected chi connectivity index (χ1v) is 16.1. The maximum Gasteiger partial charge on any atom is 0.460 e. The molecule has 0 saturated heterocycles. The van der Waals surface area contributed by atoms with E-state index in [2.05, 4.69) is 12.2 Å². The normalized spacial score (nSPS) is 15.3. The molecule has 0 rings (SSSR count). The van der Waals surface area contributed by atoms with Crippen molar-refractivity contribution in [2.24, 2.45) is 11.8 Å². The number of carbonyl (C=O) groups excluding carboxylic acids is 3. The van der Waals surface area contributed by atoms with Crippen molar-refractivity contribution in [1.82, 2.24) is 10.6 Å². The molecule has 0 aromatic rings. The van der Waals surface area contributed by atoms with Gasteiger partial charge in [0.1, 0.15) is 12.1 Å². The minimum atomic E-state index is -6.71. The van der Waals surface area contributed by atoms with Gasteiger partial charge in [0.05, 0.1) is 6.61 Å². The SMILES string of the molecule is CCCCCCCCCCCCCCCOC(=O)C(NC(=O)C(NC(=O)C(F)(F)C(F)(F)C(F)(F)F)C(C)CC)C(C)CC. The Morgan fingerprint density at radius 3 is 1.43 bits per heavy atom. The molecule has 44 heavy (non-hydrogen) atoms. The van der Waals surface area contributed by atoms with Crippen molar-refractivity contribution in [3.8, 4) is 0 Å². The summed E-state index contributed by atoms with van der Waals surface area (Å²) in [6.45, 7) is 8.43. The average molecular weight is 651 g/mol. The smallest absolute Gasteiger partial charge is 0.460 e. The topological polar surface area (TPSA) is 84.5 Å². The summed E-state index contributed by atoms with van der Waals surface area (Å²) in [5, 5.41) is 3.68. The number of rotatable bonds is 24. The quantitative estimate of drug-likeness (QED) is 0.0623. The van der Waals surface area contributed by atoms with Gasteiger partial charge < -0.3 is 15.4 Å². The number of hydrogen-bond acceptors (Lipinski definition) is 4. The third-order valence-electron chi connectivity index (χ3n) is 8.07. The molecule has 2 N–H and O–H groups in total. The van der Waals surface area contributed by atoms with E-state index >= 15 is 0 Å². The Morgan fingerprint density at radius 2 is 1.02 bits per heavy atom. The predicted molar refractivity (Wildman–Crippen MR) is 155 cm³/mol. The third-order valence-corrected chi connectivity index (χ3v) is 8.07. The number of hydrogen-bond donors (Lipinski definition) is 2. The lowest BCUT2D eigenvalue weighted by Crippen LogP contribution is -2.63. The van der Waals surface area contributed by atoms with Crippen LogP contribution in [0, 0.1) is 11.8 Å². The van der Waals surface area contributed by atoms with Gasteiger partial charge in [0.15, 0.2) is 0 Å². The number of halogens is 7. The molecule has 13 heteroatoms. The second kappa shape index (κ2) is 20.9. The largest absolute Gasteiger partial charge is 0.464 e. The van der Waals surface area contributed by atoms with Gasteiger partial charge in [-0.15, -0.1) is 0 Å². The predicted octanol–water partition coefficient (Wildman–Crippen LogP) is 8.52. The van der Waals surface area contributed by atoms with Crippen LogP contribution in [0.4, 0.5) is 30.7 Å². The first kappa shape index (κ1) is 41.9. The van der Waals surface area contributed by atoms with Gasteiger partial charge in [-0.25, -0.2) is 4.79 Å². The fourth-order valence-corrected chi connectivity index (χ4v) is 4.55. The molecule has 0 aromatic carbocycles. The van der Waals surface area contributed by atoms with Gasteiger partial charge in [0, 0.05) is 0 Å². The molecule has 260 valence electrons. The molecular weight excluding hydrogens is 597 g/mol. The van der Waals surface area contributed by atoms with Crippen LogP contribution in [0.25, 0.3) is 0 Å². The zero-order valence-corrected chi connectivity index (χ0v) is 26.9. The van der Waals surface area contributed by atoms with Crippen LogP contribution in [-0.2, 0) is 19.1 Å². The van der Waals surface area contributed by atoms with Crippen LogP contribution in [0.1, 0.15) is 131 Å². The third kappa shape index (κ3) is 13.9. The Morgan fingerprint density at radius 1 is 0.614 bits per heavy atom. The zero-order chi connectivity index (χ0) is 34.0. The highest BCUT2D eigenvalue weighted by molar-refractivity contribution is 5.93. The minimum Gasteiger partial charge on any atom is -0.464 e. The number of unbranched alkanes of at least 4 members (excludes halogenated alkanes) is 12. The van der Waals surface area contributed by atoms with Gasteiger partial charge >= 0.3 is 24.0 Å². The summed E-state index contributed by atoms with van der Waals surface area (Å²) in [6, 6.07) is -3.17. The molecular formula is C31H53F7N2O4.